The minimum Gasteiger partial charge on any atom is -0.376 e. The first kappa shape index (κ1) is 15.9. The Morgan fingerprint density at radius 3 is 1.88 bits per heavy atom. The van der Waals surface area contributed by atoms with E-state index >= 15 is 0 Å². The second-order valence-electron chi connectivity index (χ2n) is 5.33. The second kappa shape index (κ2) is 7.25. The molecule has 0 aliphatic heterocycles. The first-order valence-electron chi connectivity index (χ1n) is 5.95. The van der Waals surface area contributed by atoms with Gasteiger partial charge in [-0.3, -0.25) is 0 Å². The van der Waals surface area contributed by atoms with E-state index in [1.807, 2.05) is 41.5 Å². The Bertz CT molecular complexity index is 173. The fourth-order valence-electron chi connectivity index (χ4n) is 1.29. The maximum Gasteiger partial charge on any atom is 0.0787 e. The maximum atomic E-state index is 5.74. The molecule has 0 heterocycles. The van der Waals surface area contributed by atoms with Crippen molar-refractivity contribution in [3.8, 4) is 0 Å². The van der Waals surface area contributed by atoms with Crippen LogP contribution in [0.2, 0.25) is 0 Å². The summed E-state index contributed by atoms with van der Waals surface area (Å²) in [6.07, 6.45) is 0.184. The van der Waals surface area contributed by atoms with Gasteiger partial charge in [0.15, 0.2) is 0 Å². The molecule has 3 unspecified atom stereocenters. The van der Waals surface area contributed by atoms with E-state index in [1.165, 1.54) is 0 Å². The zero-order chi connectivity index (χ0) is 12.8. The zero-order valence-corrected chi connectivity index (χ0v) is 11.6. The lowest BCUT2D eigenvalue weighted by molar-refractivity contribution is -0.106. The predicted molar refractivity (Wildman–Crippen MR) is 66.5 cm³/mol. The van der Waals surface area contributed by atoms with Gasteiger partial charge in [-0.05, 0) is 48.5 Å². The molecule has 0 fully saturated rings. The van der Waals surface area contributed by atoms with Crippen molar-refractivity contribution in [1.29, 1.82) is 0 Å². The van der Waals surface area contributed by atoms with Crippen LogP contribution in [0.4, 0.5) is 0 Å². The Kier molecular flexibility index (Phi) is 7.20. The molecule has 0 spiro atoms. The Labute approximate surface area is 100 Å². The molecule has 3 atom stereocenters. The lowest BCUT2D eigenvalue weighted by Crippen LogP contribution is -2.30. The third-order valence-electron chi connectivity index (χ3n) is 1.79. The van der Waals surface area contributed by atoms with E-state index in [1.54, 1.807) is 0 Å². The first-order valence-corrected chi connectivity index (χ1v) is 5.95. The molecule has 0 saturated carbocycles. The monoisotopic (exact) mass is 231 g/mol. The smallest absolute Gasteiger partial charge is 0.0787 e. The zero-order valence-electron chi connectivity index (χ0n) is 11.6. The largest absolute Gasteiger partial charge is 0.376 e. The van der Waals surface area contributed by atoms with Gasteiger partial charge in [0.1, 0.15) is 0 Å². The van der Waals surface area contributed by atoms with Crippen molar-refractivity contribution in [2.75, 3.05) is 13.2 Å². The van der Waals surface area contributed by atoms with Crippen LogP contribution < -0.4 is 0 Å². The molecule has 0 aliphatic carbocycles. The van der Waals surface area contributed by atoms with Crippen LogP contribution in [0.1, 0.15) is 41.5 Å². The minimum atomic E-state index is -0.121. The van der Waals surface area contributed by atoms with E-state index in [9.17, 15) is 0 Å². The van der Waals surface area contributed by atoms with Crippen LogP contribution >= 0.6 is 0 Å². The van der Waals surface area contributed by atoms with Crippen LogP contribution in [0, 0.1) is 6.92 Å². The predicted octanol–water partition coefficient (Wildman–Crippen LogP) is 2.83. The van der Waals surface area contributed by atoms with Crippen molar-refractivity contribution in [1.82, 2.24) is 0 Å². The molecule has 0 amide bonds. The van der Waals surface area contributed by atoms with Crippen LogP contribution in [0.15, 0.2) is 0 Å². The first-order chi connectivity index (χ1) is 7.20. The summed E-state index contributed by atoms with van der Waals surface area (Å²) in [5.74, 6) is 0. The highest BCUT2D eigenvalue weighted by Crippen LogP contribution is 2.11. The quantitative estimate of drug-likeness (QED) is 0.674. The normalized spacial score (nSPS) is 16.5. The summed E-state index contributed by atoms with van der Waals surface area (Å²) in [7, 11) is 0. The third kappa shape index (κ3) is 10.4. The molecule has 3 nitrogen and oxygen atoms in total. The molecule has 0 rings (SSSR count). The summed E-state index contributed by atoms with van der Waals surface area (Å²) in [6, 6.07) is 0. The summed E-state index contributed by atoms with van der Waals surface area (Å²) < 4.78 is 16.7. The van der Waals surface area contributed by atoms with Crippen LogP contribution in [-0.4, -0.2) is 37.1 Å². The van der Waals surface area contributed by atoms with Gasteiger partial charge in [-0.15, -0.1) is 0 Å². The molecule has 0 bridgehead atoms. The molecular formula is C13H27O3. The number of ether oxygens (including phenoxy) is 3. The average Bonchev–Trinajstić information content (AvgIpc) is 2.08. The molecule has 3 heteroatoms. The van der Waals surface area contributed by atoms with Gasteiger partial charge in [0.05, 0.1) is 37.1 Å². The second-order valence-corrected chi connectivity index (χ2v) is 5.33. The average molecular weight is 231 g/mol. The SMILES string of the molecule is [CH2]C(C)OCC(C)OCC(C)OC(C)(C)C. The lowest BCUT2D eigenvalue weighted by Gasteiger charge is -2.26. The fourth-order valence-corrected chi connectivity index (χ4v) is 1.29. The van der Waals surface area contributed by atoms with Gasteiger partial charge >= 0.3 is 0 Å². The molecule has 0 aliphatic rings. The van der Waals surface area contributed by atoms with Crippen molar-refractivity contribution >= 4 is 0 Å². The van der Waals surface area contributed by atoms with Crippen LogP contribution in [-0.2, 0) is 14.2 Å². The molecule has 0 aromatic heterocycles. The summed E-state index contributed by atoms with van der Waals surface area (Å²) >= 11 is 0. The van der Waals surface area contributed by atoms with E-state index in [-0.39, 0.29) is 23.9 Å². The van der Waals surface area contributed by atoms with Crippen molar-refractivity contribution in [3.05, 3.63) is 6.92 Å². The van der Waals surface area contributed by atoms with Crippen molar-refractivity contribution in [2.24, 2.45) is 0 Å². The standard InChI is InChI=1S/C13H27O3/c1-10(2)14-8-11(3)15-9-12(4)16-13(5,6)7/h10-12H,1,8-9H2,2-7H3. The summed E-state index contributed by atoms with van der Waals surface area (Å²) in [6.45, 7) is 17.0. The number of hydrogen-bond donors (Lipinski definition) is 0. The molecule has 16 heavy (non-hydrogen) atoms. The van der Waals surface area contributed by atoms with Gasteiger partial charge < -0.3 is 14.2 Å². The van der Waals surface area contributed by atoms with Gasteiger partial charge in [0, 0.05) is 0 Å². The molecular weight excluding hydrogens is 204 g/mol. The lowest BCUT2D eigenvalue weighted by atomic mass is 10.2. The van der Waals surface area contributed by atoms with Crippen LogP contribution in [0.3, 0.4) is 0 Å². The van der Waals surface area contributed by atoms with Gasteiger partial charge in [0.25, 0.3) is 0 Å². The minimum absolute atomic E-state index is 0.00861. The van der Waals surface area contributed by atoms with E-state index in [0.717, 1.165) is 0 Å². The number of hydrogen-bond acceptors (Lipinski definition) is 3. The van der Waals surface area contributed by atoms with E-state index in [4.69, 9.17) is 14.2 Å². The Morgan fingerprint density at radius 1 is 0.938 bits per heavy atom. The third-order valence-corrected chi connectivity index (χ3v) is 1.79. The summed E-state index contributed by atoms with van der Waals surface area (Å²) in [5, 5.41) is 0. The highest BCUT2D eigenvalue weighted by Gasteiger charge is 2.16. The molecule has 0 aromatic carbocycles. The van der Waals surface area contributed by atoms with E-state index < -0.39 is 0 Å². The van der Waals surface area contributed by atoms with Crippen molar-refractivity contribution in [2.45, 2.75) is 65.5 Å². The maximum absolute atomic E-state index is 5.74. The highest BCUT2D eigenvalue weighted by molar-refractivity contribution is 4.63. The van der Waals surface area contributed by atoms with Crippen LogP contribution in [0.25, 0.3) is 0 Å². The molecule has 0 saturated heterocycles. The summed E-state index contributed by atoms with van der Waals surface area (Å²) in [4.78, 5) is 0. The Balaban J connectivity index is 3.63. The van der Waals surface area contributed by atoms with E-state index in [0.29, 0.717) is 13.2 Å². The summed E-state index contributed by atoms with van der Waals surface area (Å²) in [5.41, 5.74) is -0.121. The van der Waals surface area contributed by atoms with Gasteiger partial charge in [-0.25, -0.2) is 0 Å². The Morgan fingerprint density at radius 2 is 1.44 bits per heavy atom. The van der Waals surface area contributed by atoms with Gasteiger partial charge in [0.2, 0.25) is 0 Å². The molecule has 97 valence electrons. The van der Waals surface area contributed by atoms with Crippen molar-refractivity contribution in [3.63, 3.8) is 0 Å². The Hall–Kier alpha value is -0.120. The molecule has 1 radical (unpaired) electrons. The molecule has 0 N–H and O–H groups in total. The highest BCUT2D eigenvalue weighted by atomic mass is 16.6. The molecule has 0 aromatic rings. The van der Waals surface area contributed by atoms with Crippen LogP contribution in [0.5, 0.6) is 0 Å². The van der Waals surface area contributed by atoms with Gasteiger partial charge in [-0.2, -0.15) is 0 Å². The van der Waals surface area contributed by atoms with E-state index in [2.05, 4.69) is 6.92 Å². The van der Waals surface area contributed by atoms with Gasteiger partial charge in [-0.1, -0.05) is 0 Å². The fraction of sp³-hybridized carbons (Fsp3) is 0.923. The van der Waals surface area contributed by atoms with Crippen molar-refractivity contribution < 1.29 is 14.2 Å². The number of rotatable bonds is 7. The topological polar surface area (TPSA) is 27.7 Å².